The summed E-state index contributed by atoms with van der Waals surface area (Å²) in [6.45, 7) is 11.7. The van der Waals surface area contributed by atoms with Crippen LogP contribution in [0, 0.1) is 0 Å². The Balaban J connectivity index is 2.50. The van der Waals surface area contributed by atoms with Gasteiger partial charge in [-0.15, -0.1) is 0 Å². The third kappa shape index (κ3) is 3.79. The van der Waals surface area contributed by atoms with Crippen LogP contribution in [0.25, 0.3) is 0 Å². The molecule has 0 spiro atoms. The Kier molecular flexibility index (Phi) is 4.79. The summed E-state index contributed by atoms with van der Waals surface area (Å²) < 4.78 is 5.97. The van der Waals surface area contributed by atoms with E-state index in [1.807, 2.05) is 0 Å². The third-order valence-electron chi connectivity index (χ3n) is 4.21. The van der Waals surface area contributed by atoms with Crippen molar-refractivity contribution in [2.24, 2.45) is 0 Å². The number of amides is 1. The highest BCUT2D eigenvalue weighted by atomic mass is 28.4. The number of carbonyl (C=O) groups excluding carboxylic acids is 1. The van der Waals surface area contributed by atoms with Gasteiger partial charge < -0.3 is 14.4 Å². The molecule has 0 saturated carbocycles. The highest BCUT2D eigenvalue weighted by Crippen LogP contribution is 2.36. The first-order chi connectivity index (χ1) is 8.56. The number of β-lactam (4-membered cyclic amide) rings is 1. The van der Waals surface area contributed by atoms with Crippen molar-refractivity contribution in [2.75, 3.05) is 13.2 Å². The lowest BCUT2D eigenvalue weighted by molar-refractivity contribution is -0.156. The van der Waals surface area contributed by atoms with Crippen LogP contribution in [0.3, 0.4) is 0 Å². The number of nitrogens with zero attached hydrogens (tertiary/aromatic N) is 1. The summed E-state index contributed by atoms with van der Waals surface area (Å²) in [6, 6.07) is -0.731. The molecular weight excluding hydrogens is 262 g/mol. The Morgan fingerprint density at radius 1 is 1.47 bits per heavy atom. The average molecular weight is 287 g/mol. The van der Waals surface area contributed by atoms with Gasteiger partial charge in [0.2, 0.25) is 5.91 Å². The lowest BCUT2D eigenvalue weighted by Gasteiger charge is -2.38. The molecule has 19 heavy (non-hydrogen) atoms. The number of rotatable bonds is 6. The molecule has 1 amide bonds. The summed E-state index contributed by atoms with van der Waals surface area (Å²) in [5, 5.41) is 9.29. The fourth-order valence-electron chi connectivity index (χ4n) is 1.72. The van der Waals surface area contributed by atoms with E-state index in [0.717, 1.165) is 0 Å². The van der Waals surface area contributed by atoms with E-state index in [9.17, 15) is 14.7 Å². The second-order valence-corrected chi connectivity index (χ2v) is 11.4. The SMILES string of the molecule is CC(C)(C)[Si](C)(C)OCC[C@H](C(=O)O)N1CCC1=O. The first-order valence-corrected chi connectivity index (χ1v) is 9.63. The van der Waals surface area contributed by atoms with E-state index < -0.39 is 20.3 Å². The molecule has 1 rings (SSSR count). The van der Waals surface area contributed by atoms with Gasteiger partial charge in [0, 0.05) is 26.0 Å². The smallest absolute Gasteiger partial charge is 0.326 e. The van der Waals surface area contributed by atoms with Crippen LogP contribution in [0.2, 0.25) is 18.1 Å². The predicted molar refractivity (Wildman–Crippen MR) is 75.5 cm³/mol. The van der Waals surface area contributed by atoms with Gasteiger partial charge in [0.1, 0.15) is 6.04 Å². The number of carboxylic acids is 1. The van der Waals surface area contributed by atoms with Gasteiger partial charge in [-0.05, 0) is 18.1 Å². The van der Waals surface area contributed by atoms with Crippen molar-refractivity contribution in [3.05, 3.63) is 0 Å². The summed E-state index contributed by atoms with van der Waals surface area (Å²) >= 11 is 0. The molecule has 0 aromatic rings. The molecule has 1 fully saturated rings. The van der Waals surface area contributed by atoms with Crippen molar-refractivity contribution in [1.29, 1.82) is 0 Å². The minimum Gasteiger partial charge on any atom is -0.480 e. The Morgan fingerprint density at radius 3 is 2.37 bits per heavy atom. The number of carbonyl (C=O) groups is 2. The lowest BCUT2D eigenvalue weighted by atomic mass is 10.1. The molecule has 5 nitrogen and oxygen atoms in total. The van der Waals surface area contributed by atoms with E-state index in [-0.39, 0.29) is 10.9 Å². The van der Waals surface area contributed by atoms with Crippen LogP contribution in [0.1, 0.15) is 33.6 Å². The standard InChI is InChI=1S/C13H25NO4Si/c1-13(2,3)19(4,5)18-9-7-10(12(16)17)14-8-6-11(14)15/h10H,6-9H2,1-5H3,(H,16,17)/t10-/m1/s1. The summed E-state index contributed by atoms with van der Waals surface area (Å²) in [7, 11) is -1.85. The molecule has 0 aromatic heterocycles. The maximum absolute atomic E-state index is 11.3. The van der Waals surface area contributed by atoms with Crippen molar-refractivity contribution in [3.8, 4) is 0 Å². The first kappa shape index (κ1) is 16.2. The zero-order chi connectivity index (χ0) is 14.8. The summed E-state index contributed by atoms with van der Waals surface area (Å²) in [4.78, 5) is 23.9. The number of likely N-dealkylation sites (tertiary alicyclic amines) is 1. The quantitative estimate of drug-likeness (QED) is 0.600. The molecule has 110 valence electrons. The topological polar surface area (TPSA) is 66.8 Å². The predicted octanol–water partition coefficient (Wildman–Crippen LogP) is 2.08. The van der Waals surface area contributed by atoms with Gasteiger partial charge in [-0.2, -0.15) is 0 Å². The monoisotopic (exact) mass is 287 g/mol. The molecule has 0 unspecified atom stereocenters. The molecule has 1 heterocycles. The highest BCUT2D eigenvalue weighted by Gasteiger charge is 2.39. The Morgan fingerprint density at radius 2 is 2.05 bits per heavy atom. The van der Waals surface area contributed by atoms with Crippen molar-refractivity contribution in [2.45, 2.75) is 57.8 Å². The summed E-state index contributed by atoms with van der Waals surface area (Å²) in [5.74, 6) is -1.01. The van der Waals surface area contributed by atoms with Gasteiger partial charge in [0.05, 0.1) is 0 Å². The highest BCUT2D eigenvalue weighted by molar-refractivity contribution is 6.74. The maximum atomic E-state index is 11.3. The molecule has 0 aromatic carbocycles. The second kappa shape index (κ2) is 5.62. The molecule has 1 aliphatic heterocycles. The zero-order valence-electron chi connectivity index (χ0n) is 12.5. The number of aliphatic carboxylic acids is 1. The van der Waals surface area contributed by atoms with E-state index in [1.165, 1.54) is 4.90 Å². The third-order valence-corrected chi connectivity index (χ3v) is 8.75. The van der Waals surface area contributed by atoms with Gasteiger partial charge in [0.15, 0.2) is 8.32 Å². The molecule has 1 saturated heterocycles. The molecule has 0 aliphatic carbocycles. The molecular formula is C13H25NO4Si. The molecule has 6 heteroatoms. The van der Waals surface area contributed by atoms with Crippen LogP contribution >= 0.6 is 0 Å². The van der Waals surface area contributed by atoms with Crippen LogP contribution in [-0.4, -0.2) is 49.4 Å². The second-order valence-electron chi connectivity index (χ2n) is 6.59. The first-order valence-electron chi connectivity index (χ1n) is 6.72. The Bertz CT molecular complexity index is 362. The van der Waals surface area contributed by atoms with Crippen LogP contribution in [0.5, 0.6) is 0 Å². The van der Waals surface area contributed by atoms with Crippen molar-refractivity contribution < 1.29 is 19.1 Å². The van der Waals surface area contributed by atoms with E-state index >= 15 is 0 Å². The Hall–Kier alpha value is -0.883. The van der Waals surface area contributed by atoms with Crippen molar-refractivity contribution in [3.63, 3.8) is 0 Å². The number of hydrogen-bond acceptors (Lipinski definition) is 3. The van der Waals surface area contributed by atoms with Crippen LogP contribution in [0.4, 0.5) is 0 Å². The zero-order valence-corrected chi connectivity index (χ0v) is 13.5. The van der Waals surface area contributed by atoms with E-state index in [4.69, 9.17) is 4.43 Å². The van der Waals surface area contributed by atoms with Crippen LogP contribution in [-0.2, 0) is 14.0 Å². The normalized spacial score (nSPS) is 18.2. The van der Waals surface area contributed by atoms with Gasteiger partial charge in [0.25, 0.3) is 0 Å². The van der Waals surface area contributed by atoms with E-state index in [0.29, 0.717) is 26.0 Å². The van der Waals surface area contributed by atoms with Crippen molar-refractivity contribution >= 4 is 20.2 Å². The maximum Gasteiger partial charge on any atom is 0.326 e. The van der Waals surface area contributed by atoms with Gasteiger partial charge in [-0.1, -0.05) is 20.8 Å². The van der Waals surface area contributed by atoms with Gasteiger partial charge >= 0.3 is 5.97 Å². The largest absolute Gasteiger partial charge is 0.480 e. The van der Waals surface area contributed by atoms with Gasteiger partial charge in [-0.3, -0.25) is 4.79 Å². The molecule has 1 aliphatic rings. The van der Waals surface area contributed by atoms with Gasteiger partial charge in [-0.25, -0.2) is 4.79 Å². The average Bonchev–Trinajstić information content (AvgIpc) is 2.23. The Labute approximate surface area is 116 Å². The van der Waals surface area contributed by atoms with E-state index in [1.54, 1.807) is 0 Å². The van der Waals surface area contributed by atoms with Crippen molar-refractivity contribution in [1.82, 2.24) is 4.90 Å². The summed E-state index contributed by atoms with van der Waals surface area (Å²) in [5.41, 5.74) is 0. The minimum absolute atomic E-state index is 0.0697. The number of hydrogen-bond donors (Lipinski definition) is 1. The summed E-state index contributed by atoms with van der Waals surface area (Å²) in [6.07, 6.45) is 0.834. The lowest BCUT2D eigenvalue weighted by Crippen LogP contribution is -2.53. The number of carboxylic acid groups (broad SMARTS) is 1. The molecule has 0 radical (unpaired) electrons. The fourth-order valence-corrected chi connectivity index (χ4v) is 2.78. The fraction of sp³-hybridized carbons (Fsp3) is 0.846. The van der Waals surface area contributed by atoms with E-state index in [2.05, 4.69) is 33.9 Å². The van der Waals surface area contributed by atoms with Crippen LogP contribution in [0.15, 0.2) is 0 Å². The molecule has 1 atom stereocenters. The molecule has 1 N–H and O–H groups in total. The molecule has 0 bridgehead atoms. The minimum atomic E-state index is -1.85. The van der Waals surface area contributed by atoms with Crippen LogP contribution < -0.4 is 0 Å².